The average Bonchev–Trinajstić information content (AvgIpc) is 2.85. The van der Waals surface area contributed by atoms with Gasteiger partial charge in [-0.05, 0) is 42.7 Å². The fourth-order valence-corrected chi connectivity index (χ4v) is 4.46. The van der Waals surface area contributed by atoms with Gasteiger partial charge in [-0.2, -0.15) is 0 Å². The Kier molecular flexibility index (Phi) is 7.27. The van der Waals surface area contributed by atoms with Crippen LogP contribution in [0.4, 0.5) is 10.5 Å². The summed E-state index contributed by atoms with van der Waals surface area (Å²) in [5.74, 6) is 0.938. The average molecular weight is 437 g/mol. The van der Waals surface area contributed by atoms with E-state index in [1.54, 1.807) is 12.0 Å². The number of rotatable bonds is 5. The Balaban J connectivity index is 1.25. The predicted octanol–water partition coefficient (Wildman–Crippen LogP) is 3.28. The summed E-state index contributed by atoms with van der Waals surface area (Å²) in [6.07, 6.45) is 1.70. The van der Waals surface area contributed by atoms with Gasteiger partial charge in [-0.3, -0.25) is 9.69 Å². The van der Waals surface area contributed by atoms with Gasteiger partial charge >= 0.3 is 6.03 Å². The van der Waals surface area contributed by atoms with Crippen LogP contribution < -0.4 is 10.1 Å². The number of para-hydroxylation sites is 1. The minimum Gasteiger partial charge on any atom is -0.497 e. The number of hydrogen-bond donors (Lipinski definition) is 1. The van der Waals surface area contributed by atoms with Crippen molar-refractivity contribution in [2.45, 2.75) is 19.4 Å². The molecule has 2 aliphatic heterocycles. The second kappa shape index (κ2) is 10.5. The Bertz CT molecular complexity index is 895. The van der Waals surface area contributed by atoms with Gasteiger partial charge in [0.05, 0.1) is 13.0 Å². The van der Waals surface area contributed by atoms with Gasteiger partial charge in [0.1, 0.15) is 5.75 Å². The first-order chi connectivity index (χ1) is 15.6. The number of hydrogen-bond acceptors (Lipinski definition) is 4. The molecule has 0 aliphatic carbocycles. The number of likely N-dealkylation sites (tertiary alicyclic amines) is 1. The molecule has 1 unspecified atom stereocenters. The highest BCUT2D eigenvalue weighted by molar-refractivity contribution is 5.90. The molecule has 0 saturated carbocycles. The number of carbonyl (C=O) groups is 2. The van der Waals surface area contributed by atoms with Crippen LogP contribution in [-0.2, 0) is 11.3 Å². The van der Waals surface area contributed by atoms with Crippen molar-refractivity contribution in [2.75, 3.05) is 51.7 Å². The zero-order valence-corrected chi connectivity index (χ0v) is 18.7. The van der Waals surface area contributed by atoms with E-state index in [4.69, 9.17) is 4.74 Å². The molecule has 0 bridgehead atoms. The predicted molar refractivity (Wildman–Crippen MR) is 125 cm³/mol. The third-order valence-electron chi connectivity index (χ3n) is 6.33. The Hall–Kier alpha value is -3.06. The molecule has 2 aliphatic rings. The molecular weight excluding hydrogens is 404 g/mol. The van der Waals surface area contributed by atoms with Crippen molar-refractivity contribution in [1.29, 1.82) is 0 Å². The van der Waals surface area contributed by atoms with Gasteiger partial charge < -0.3 is 19.9 Å². The van der Waals surface area contributed by atoms with Gasteiger partial charge in [0, 0.05) is 51.5 Å². The highest BCUT2D eigenvalue weighted by atomic mass is 16.5. The molecule has 2 aromatic carbocycles. The van der Waals surface area contributed by atoms with Gasteiger partial charge in [-0.25, -0.2) is 4.79 Å². The molecule has 4 rings (SSSR count). The van der Waals surface area contributed by atoms with E-state index < -0.39 is 0 Å². The molecule has 3 amide bonds. The number of nitrogens with zero attached hydrogens (tertiary/aromatic N) is 3. The summed E-state index contributed by atoms with van der Waals surface area (Å²) in [5.41, 5.74) is 2.02. The molecule has 1 N–H and O–H groups in total. The van der Waals surface area contributed by atoms with Crippen molar-refractivity contribution in [3.05, 3.63) is 60.2 Å². The van der Waals surface area contributed by atoms with Crippen LogP contribution in [0.15, 0.2) is 54.6 Å². The van der Waals surface area contributed by atoms with Gasteiger partial charge in [0.15, 0.2) is 0 Å². The molecule has 2 saturated heterocycles. The summed E-state index contributed by atoms with van der Waals surface area (Å²) >= 11 is 0. The number of methoxy groups -OCH3 is 1. The SMILES string of the molecule is COc1ccc(CN2CCN(C(=O)C3CCCN(C(=O)Nc4ccccc4)C3)CC2)cc1. The van der Waals surface area contributed by atoms with Gasteiger partial charge in [0.2, 0.25) is 5.91 Å². The van der Waals surface area contributed by atoms with Crippen LogP contribution in [0.3, 0.4) is 0 Å². The molecule has 7 heteroatoms. The molecule has 0 radical (unpaired) electrons. The minimum atomic E-state index is -0.127. The molecule has 0 spiro atoms. The number of piperidine rings is 1. The number of ether oxygens (including phenoxy) is 1. The van der Waals surface area contributed by atoms with E-state index in [0.717, 1.165) is 57.0 Å². The summed E-state index contributed by atoms with van der Waals surface area (Å²) in [6.45, 7) is 5.26. The molecule has 2 fully saturated rings. The molecule has 2 aromatic rings. The van der Waals surface area contributed by atoms with Crippen molar-refractivity contribution in [3.63, 3.8) is 0 Å². The third-order valence-corrected chi connectivity index (χ3v) is 6.33. The standard InChI is InChI=1S/C25H32N4O3/c1-32-23-11-9-20(10-12-23)18-27-14-16-28(17-15-27)24(30)21-6-5-13-29(19-21)25(31)26-22-7-3-2-4-8-22/h2-4,7-12,21H,5-6,13-19H2,1H3,(H,26,31). The maximum Gasteiger partial charge on any atom is 0.321 e. The number of amides is 3. The summed E-state index contributed by atoms with van der Waals surface area (Å²) in [4.78, 5) is 31.9. The fraction of sp³-hybridized carbons (Fsp3) is 0.440. The van der Waals surface area contributed by atoms with Crippen molar-refractivity contribution < 1.29 is 14.3 Å². The number of urea groups is 1. The maximum atomic E-state index is 13.2. The summed E-state index contributed by atoms with van der Waals surface area (Å²) in [7, 11) is 1.67. The lowest BCUT2D eigenvalue weighted by Crippen LogP contribution is -2.53. The molecular formula is C25H32N4O3. The van der Waals surface area contributed by atoms with Crippen molar-refractivity contribution in [1.82, 2.24) is 14.7 Å². The van der Waals surface area contributed by atoms with Crippen LogP contribution in [-0.4, -0.2) is 73.0 Å². The lowest BCUT2D eigenvalue weighted by atomic mass is 9.96. The number of anilines is 1. The molecule has 0 aromatic heterocycles. The van der Waals surface area contributed by atoms with Crippen LogP contribution in [0.25, 0.3) is 0 Å². The van der Waals surface area contributed by atoms with Crippen LogP contribution in [0, 0.1) is 5.92 Å². The lowest BCUT2D eigenvalue weighted by Gasteiger charge is -2.39. The first-order valence-electron chi connectivity index (χ1n) is 11.4. The summed E-state index contributed by atoms with van der Waals surface area (Å²) in [5, 5.41) is 2.93. The lowest BCUT2D eigenvalue weighted by molar-refractivity contribution is -0.138. The monoisotopic (exact) mass is 436 g/mol. The van der Waals surface area contributed by atoms with E-state index in [9.17, 15) is 9.59 Å². The highest BCUT2D eigenvalue weighted by Crippen LogP contribution is 2.21. The topological polar surface area (TPSA) is 65.1 Å². The molecule has 7 nitrogen and oxygen atoms in total. The van der Waals surface area contributed by atoms with Crippen LogP contribution >= 0.6 is 0 Å². The van der Waals surface area contributed by atoms with Crippen LogP contribution in [0.1, 0.15) is 18.4 Å². The quantitative estimate of drug-likeness (QED) is 0.781. The second-order valence-corrected chi connectivity index (χ2v) is 8.53. The van der Waals surface area contributed by atoms with E-state index >= 15 is 0 Å². The van der Waals surface area contributed by atoms with Crippen LogP contribution in [0.2, 0.25) is 0 Å². The van der Waals surface area contributed by atoms with Crippen molar-refractivity contribution in [2.24, 2.45) is 5.92 Å². The first kappa shape index (κ1) is 22.1. The minimum absolute atomic E-state index is 0.113. The Morgan fingerprint density at radius 2 is 1.66 bits per heavy atom. The fourth-order valence-electron chi connectivity index (χ4n) is 4.46. The molecule has 1 atom stereocenters. The number of piperazine rings is 1. The second-order valence-electron chi connectivity index (χ2n) is 8.53. The molecule has 32 heavy (non-hydrogen) atoms. The number of benzene rings is 2. The van der Waals surface area contributed by atoms with Gasteiger partial charge in [0.25, 0.3) is 0 Å². The number of carbonyl (C=O) groups excluding carboxylic acids is 2. The Morgan fingerprint density at radius 1 is 0.938 bits per heavy atom. The van der Waals surface area contributed by atoms with E-state index in [2.05, 4.69) is 22.3 Å². The Labute approximate surface area is 189 Å². The molecule has 2 heterocycles. The van der Waals surface area contributed by atoms with E-state index in [-0.39, 0.29) is 17.9 Å². The first-order valence-corrected chi connectivity index (χ1v) is 11.4. The Morgan fingerprint density at radius 3 is 2.34 bits per heavy atom. The zero-order chi connectivity index (χ0) is 22.3. The van der Waals surface area contributed by atoms with Crippen molar-refractivity contribution in [3.8, 4) is 5.75 Å². The highest BCUT2D eigenvalue weighted by Gasteiger charge is 2.32. The van der Waals surface area contributed by atoms with E-state index in [1.165, 1.54) is 5.56 Å². The van der Waals surface area contributed by atoms with Crippen molar-refractivity contribution >= 4 is 17.6 Å². The van der Waals surface area contributed by atoms with Gasteiger partial charge in [-0.1, -0.05) is 30.3 Å². The van der Waals surface area contributed by atoms with Gasteiger partial charge in [-0.15, -0.1) is 0 Å². The number of nitrogens with one attached hydrogen (secondary N) is 1. The normalized spacial score (nSPS) is 19.5. The van der Waals surface area contributed by atoms with E-state index in [0.29, 0.717) is 13.1 Å². The summed E-state index contributed by atoms with van der Waals surface area (Å²) < 4.78 is 5.22. The zero-order valence-electron chi connectivity index (χ0n) is 18.7. The maximum absolute atomic E-state index is 13.2. The van der Waals surface area contributed by atoms with E-state index in [1.807, 2.05) is 47.4 Å². The largest absolute Gasteiger partial charge is 0.497 e. The summed E-state index contributed by atoms with van der Waals surface area (Å²) in [6, 6.07) is 17.5. The third kappa shape index (κ3) is 5.59. The molecule has 170 valence electrons. The van der Waals surface area contributed by atoms with Crippen LogP contribution in [0.5, 0.6) is 5.75 Å². The smallest absolute Gasteiger partial charge is 0.321 e.